The van der Waals surface area contributed by atoms with Crippen LogP contribution in [-0.2, 0) is 19.7 Å². The Morgan fingerprint density at radius 1 is 0.938 bits per heavy atom. The summed E-state index contributed by atoms with van der Waals surface area (Å²) >= 11 is 0. The first kappa shape index (κ1) is 25.8. The molecule has 1 unspecified atom stereocenters. The highest BCUT2D eigenvalue weighted by molar-refractivity contribution is 6.62. The predicted molar refractivity (Wildman–Crippen MR) is 127 cm³/mol. The summed E-state index contributed by atoms with van der Waals surface area (Å²) in [5.74, 6) is -1.03. The predicted octanol–water partition coefficient (Wildman–Crippen LogP) is 3.35. The van der Waals surface area contributed by atoms with Crippen LogP contribution < -0.4 is 5.73 Å². The van der Waals surface area contributed by atoms with Gasteiger partial charge in [0.25, 0.3) is 0 Å². The topological polar surface area (TPSA) is 100 Å². The fourth-order valence-electron chi connectivity index (χ4n) is 3.70. The van der Waals surface area contributed by atoms with E-state index >= 15 is 0 Å². The molecular weight excluding hydrogens is 424 g/mol. The molecule has 0 radical (unpaired) electrons. The number of rotatable bonds is 14. The van der Waals surface area contributed by atoms with Crippen LogP contribution in [0.2, 0.25) is 5.54 Å². The Hall–Kier alpha value is -2.49. The van der Waals surface area contributed by atoms with Gasteiger partial charge in [-0.3, -0.25) is 14.6 Å². The number of ketones is 2. The van der Waals surface area contributed by atoms with Crippen LogP contribution in [0.1, 0.15) is 39.1 Å². The monoisotopic (exact) mass is 456 g/mol. The number of aliphatic imine (C=N–C) groups is 1. The fraction of sp³-hybridized carbons (Fsp3) is 0.375. The SMILES string of the molecule is CO[Si](OC)(OC)C(CCN)CCN=CCc1ccccc1C(=O)C(=O)c1ccccc1. The molecule has 32 heavy (non-hydrogen) atoms. The van der Waals surface area contributed by atoms with Crippen molar-refractivity contribution in [1.82, 2.24) is 0 Å². The maximum Gasteiger partial charge on any atom is 0.503 e. The Balaban J connectivity index is 2.03. The number of hydrogen-bond donors (Lipinski definition) is 1. The number of nitrogens with two attached hydrogens (primary N) is 1. The van der Waals surface area contributed by atoms with Crippen molar-refractivity contribution in [1.29, 1.82) is 0 Å². The summed E-state index contributed by atoms with van der Waals surface area (Å²) in [6.45, 7) is 1.05. The second-order valence-corrected chi connectivity index (χ2v) is 10.5. The molecule has 2 rings (SSSR count). The Kier molecular flexibility index (Phi) is 10.6. The molecule has 0 aromatic heterocycles. The van der Waals surface area contributed by atoms with Gasteiger partial charge in [-0.05, 0) is 24.9 Å². The van der Waals surface area contributed by atoms with Crippen LogP contribution in [-0.4, -0.2) is 61.0 Å². The van der Waals surface area contributed by atoms with Crippen LogP contribution in [0.25, 0.3) is 0 Å². The number of Topliss-reactive ketones (excluding diaryl/α,β-unsaturated/α-hetero) is 2. The van der Waals surface area contributed by atoms with Crippen molar-refractivity contribution in [2.24, 2.45) is 10.7 Å². The molecule has 0 saturated carbocycles. The van der Waals surface area contributed by atoms with Gasteiger partial charge in [0.1, 0.15) is 0 Å². The molecule has 0 aliphatic heterocycles. The smallest absolute Gasteiger partial charge is 0.377 e. The van der Waals surface area contributed by atoms with Gasteiger partial charge in [0.15, 0.2) is 0 Å². The normalized spacial score (nSPS) is 12.8. The first-order valence-corrected chi connectivity index (χ1v) is 12.4. The lowest BCUT2D eigenvalue weighted by Crippen LogP contribution is -2.48. The van der Waals surface area contributed by atoms with E-state index in [2.05, 4.69) is 4.99 Å². The van der Waals surface area contributed by atoms with Crippen LogP contribution in [0, 0.1) is 0 Å². The molecule has 7 nitrogen and oxygen atoms in total. The Bertz CT molecular complexity index is 892. The number of benzene rings is 2. The van der Waals surface area contributed by atoms with E-state index in [0.717, 1.165) is 12.0 Å². The average Bonchev–Trinajstić information content (AvgIpc) is 2.85. The van der Waals surface area contributed by atoms with E-state index in [1.165, 1.54) is 0 Å². The Morgan fingerprint density at radius 3 is 2.19 bits per heavy atom. The van der Waals surface area contributed by atoms with Crippen molar-refractivity contribution in [3.8, 4) is 0 Å². The summed E-state index contributed by atoms with van der Waals surface area (Å²) in [5, 5.41) is 0. The maximum absolute atomic E-state index is 12.8. The molecule has 0 saturated heterocycles. The average molecular weight is 457 g/mol. The molecule has 0 fully saturated rings. The minimum absolute atomic E-state index is 0.0435. The van der Waals surface area contributed by atoms with E-state index in [4.69, 9.17) is 19.0 Å². The largest absolute Gasteiger partial charge is 0.503 e. The van der Waals surface area contributed by atoms with E-state index in [-0.39, 0.29) is 5.54 Å². The molecule has 8 heteroatoms. The van der Waals surface area contributed by atoms with Gasteiger partial charge < -0.3 is 19.0 Å². The second-order valence-electron chi connectivity index (χ2n) is 7.25. The Morgan fingerprint density at radius 2 is 1.56 bits per heavy atom. The molecule has 2 aromatic carbocycles. The first-order chi connectivity index (χ1) is 15.5. The molecule has 2 N–H and O–H groups in total. The maximum atomic E-state index is 12.8. The van der Waals surface area contributed by atoms with Crippen LogP contribution in [0.15, 0.2) is 59.6 Å². The van der Waals surface area contributed by atoms with E-state index in [9.17, 15) is 9.59 Å². The van der Waals surface area contributed by atoms with Gasteiger partial charge in [-0.1, -0.05) is 54.6 Å². The zero-order valence-corrected chi connectivity index (χ0v) is 20.0. The summed E-state index contributed by atoms with van der Waals surface area (Å²) in [4.78, 5) is 29.8. The van der Waals surface area contributed by atoms with Crippen molar-refractivity contribution in [2.75, 3.05) is 34.4 Å². The minimum Gasteiger partial charge on any atom is -0.377 e. The van der Waals surface area contributed by atoms with Gasteiger partial charge in [-0.15, -0.1) is 0 Å². The molecule has 0 aliphatic carbocycles. The first-order valence-electron chi connectivity index (χ1n) is 10.6. The van der Waals surface area contributed by atoms with Gasteiger partial charge in [0, 0.05) is 57.2 Å². The third-order valence-electron chi connectivity index (χ3n) is 5.42. The lowest BCUT2D eigenvalue weighted by molar-refractivity contribution is 0.0816. The Labute approximate surface area is 191 Å². The summed E-state index contributed by atoms with van der Waals surface area (Å²) < 4.78 is 16.8. The molecule has 0 bridgehead atoms. The zero-order valence-electron chi connectivity index (χ0n) is 19.0. The van der Waals surface area contributed by atoms with Crippen molar-refractivity contribution in [2.45, 2.75) is 24.8 Å². The summed E-state index contributed by atoms with van der Waals surface area (Å²) in [6, 6.07) is 15.7. The molecule has 0 spiro atoms. The van der Waals surface area contributed by atoms with Crippen molar-refractivity contribution in [3.05, 3.63) is 71.3 Å². The highest BCUT2D eigenvalue weighted by Gasteiger charge is 2.46. The molecule has 0 amide bonds. The third kappa shape index (κ3) is 6.51. The molecule has 0 heterocycles. The molecular formula is C24H32N2O5Si. The van der Waals surface area contributed by atoms with Crippen LogP contribution >= 0.6 is 0 Å². The lowest BCUT2D eigenvalue weighted by Gasteiger charge is -2.32. The van der Waals surface area contributed by atoms with Gasteiger partial charge in [-0.2, -0.15) is 0 Å². The quantitative estimate of drug-likeness (QED) is 0.202. The van der Waals surface area contributed by atoms with Crippen molar-refractivity contribution in [3.63, 3.8) is 0 Å². The third-order valence-corrected chi connectivity index (χ3v) is 8.70. The van der Waals surface area contributed by atoms with Crippen molar-refractivity contribution < 1.29 is 22.9 Å². The molecule has 0 aliphatic rings. The molecule has 172 valence electrons. The van der Waals surface area contributed by atoms with E-state index in [1.807, 2.05) is 18.2 Å². The van der Waals surface area contributed by atoms with E-state index in [0.29, 0.717) is 37.1 Å². The van der Waals surface area contributed by atoms with Crippen LogP contribution in [0.5, 0.6) is 0 Å². The standard InChI is InChI=1S/C24H32N2O5Si/c1-29-32(30-2,31-3)21(13-16-25)15-18-26-17-14-19-9-7-8-12-22(19)24(28)23(27)20-10-5-4-6-11-20/h4-12,17,21H,13-16,18,25H2,1-3H3. The second kappa shape index (κ2) is 13.1. The van der Waals surface area contributed by atoms with E-state index < -0.39 is 20.4 Å². The van der Waals surface area contributed by atoms with Gasteiger partial charge >= 0.3 is 8.80 Å². The molecule has 1 atom stereocenters. The number of carbonyl (C=O) groups is 2. The van der Waals surface area contributed by atoms with Crippen LogP contribution in [0.3, 0.4) is 0 Å². The van der Waals surface area contributed by atoms with Gasteiger partial charge in [0.05, 0.1) is 0 Å². The lowest BCUT2D eigenvalue weighted by atomic mass is 9.96. The van der Waals surface area contributed by atoms with E-state index in [1.54, 1.807) is 63.9 Å². The number of carbonyl (C=O) groups excluding carboxylic acids is 2. The molecule has 2 aromatic rings. The summed E-state index contributed by atoms with van der Waals surface area (Å²) in [7, 11) is 1.99. The summed E-state index contributed by atoms with van der Waals surface area (Å²) in [6.07, 6.45) is 3.65. The van der Waals surface area contributed by atoms with Gasteiger partial charge in [-0.25, -0.2) is 0 Å². The van der Waals surface area contributed by atoms with Crippen LogP contribution in [0.4, 0.5) is 0 Å². The minimum atomic E-state index is -2.80. The number of nitrogens with zero attached hydrogens (tertiary/aromatic N) is 1. The van der Waals surface area contributed by atoms with Crippen molar-refractivity contribution >= 4 is 26.6 Å². The highest BCUT2D eigenvalue weighted by atomic mass is 28.4. The zero-order chi connectivity index (χ0) is 23.4. The van der Waals surface area contributed by atoms with Gasteiger partial charge in [0.2, 0.25) is 11.6 Å². The summed E-state index contributed by atoms with van der Waals surface area (Å²) in [5.41, 5.74) is 7.36. The number of hydrogen-bond acceptors (Lipinski definition) is 7. The highest BCUT2D eigenvalue weighted by Crippen LogP contribution is 2.30. The fourth-order valence-corrected chi connectivity index (χ4v) is 6.20.